The van der Waals surface area contributed by atoms with Crippen LogP contribution >= 0.6 is 11.3 Å². The SMILES string of the molecule is CCOC(=O)C(NCC1CC1)c1cc(C)sc1C. The number of hydrogen-bond acceptors (Lipinski definition) is 4. The Labute approximate surface area is 113 Å². The average Bonchev–Trinajstić information content (AvgIpc) is 3.06. The van der Waals surface area contributed by atoms with Crippen LogP contribution in [0.5, 0.6) is 0 Å². The van der Waals surface area contributed by atoms with E-state index in [0.717, 1.165) is 18.0 Å². The van der Waals surface area contributed by atoms with Crippen molar-refractivity contribution in [2.24, 2.45) is 5.92 Å². The lowest BCUT2D eigenvalue weighted by atomic mass is 10.1. The monoisotopic (exact) mass is 267 g/mol. The van der Waals surface area contributed by atoms with Crippen molar-refractivity contribution >= 4 is 17.3 Å². The maximum Gasteiger partial charge on any atom is 0.327 e. The van der Waals surface area contributed by atoms with Crippen molar-refractivity contribution in [2.45, 2.75) is 39.7 Å². The molecule has 1 saturated carbocycles. The Balaban J connectivity index is 2.11. The first kappa shape index (κ1) is 13.6. The molecule has 1 aliphatic carbocycles. The fourth-order valence-electron chi connectivity index (χ4n) is 2.09. The molecule has 0 bridgehead atoms. The second-order valence-electron chi connectivity index (χ2n) is 4.91. The largest absolute Gasteiger partial charge is 0.465 e. The third-order valence-electron chi connectivity index (χ3n) is 3.22. The van der Waals surface area contributed by atoms with Crippen LogP contribution in [0, 0.1) is 19.8 Å². The Morgan fingerprint density at radius 1 is 1.56 bits per heavy atom. The van der Waals surface area contributed by atoms with Crippen molar-refractivity contribution in [3.63, 3.8) is 0 Å². The van der Waals surface area contributed by atoms with Gasteiger partial charge in [-0.2, -0.15) is 0 Å². The molecule has 0 spiro atoms. The lowest BCUT2D eigenvalue weighted by Gasteiger charge is -2.17. The first-order valence-electron chi connectivity index (χ1n) is 6.58. The van der Waals surface area contributed by atoms with Gasteiger partial charge in [-0.3, -0.25) is 0 Å². The number of hydrogen-bond donors (Lipinski definition) is 1. The van der Waals surface area contributed by atoms with E-state index in [1.807, 2.05) is 6.92 Å². The molecular formula is C14H21NO2S. The fourth-order valence-corrected chi connectivity index (χ4v) is 3.05. The lowest BCUT2D eigenvalue weighted by Crippen LogP contribution is -2.31. The molecule has 1 fully saturated rings. The second-order valence-corrected chi connectivity index (χ2v) is 6.37. The molecule has 1 unspecified atom stereocenters. The van der Waals surface area contributed by atoms with E-state index in [2.05, 4.69) is 25.2 Å². The van der Waals surface area contributed by atoms with Crippen molar-refractivity contribution in [1.29, 1.82) is 0 Å². The minimum absolute atomic E-state index is 0.154. The van der Waals surface area contributed by atoms with Crippen LogP contribution in [-0.4, -0.2) is 19.1 Å². The number of carbonyl (C=O) groups excluding carboxylic acids is 1. The third kappa shape index (κ3) is 3.33. The maximum atomic E-state index is 12.1. The Morgan fingerprint density at radius 2 is 2.28 bits per heavy atom. The highest BCUT2D eigenvalue weighted by molar-refractivity contribution is 7.12. The fraction of sp³-hybridized carbons (Fsp3) is 0.643. The van der Waals surface area contributed by atoms with E-state index >= 15 is 0 Å². The number of esters is 1. The molecule has 0 aromatic carbocycles. The van der Waals surface area contributed by atoms with E-state index in [-0.39, 0.29) is 12.0 Å². The van der Waals surface area contributed by atoms with Gasteiger partial charge in [0.1, 0.15) is 6.04 Å². The second kappa shape index (κ2) is 5.85. The van der Waals surface area contributed by atoms with Gasteiger partial charge in [-0.05, 0) is 57.7 Å². The van der Waals surface area contributed by atoms with Crippen LogP contribution in [-0.2, 0) is 9.53 Å². The number of carbonyl (C=O) groups is 1. The van der Waals surface area contributed by atoms with Gasteiger partial charge in [0.2, 0.25) is 0 Å². The molecule has 1 aliphatic rings. The van der Waals surface area contributed by atoms with E-state index in [4.69, 9.17) is 4.74 Å². The zero-order valence-electron chi connectivity index (χ0n) is 11.3. The molecule has 0 radical (unpaired) electrons. The Bertz CT molecular complexity index is 423. The van der Waals surface area contributed by atoms with E-state index in [1.165, 1.54) is 22.6 Å². The third-order valence-corrected chi connectivity index (χ3v) is 4.20. The van der Waals surface area contributed by atoms with Crippen molar-refractivity contribution in [1.82, 2.24) is 5.32 Å². The molecule has 0 aliphatic heterocycles. The summed E-state index contributed by atoms with van der Waals surface area (Å²) in [6.45, 7) is 7.34. The summed E-state index contributed by atoms with van der Waals surface area (Å²) in [6, 6.07) is 1.80. The zero-order chi connectivity index (χ0) is 13.1. The molecule has 1 aromatic heterocycles. The molecule has 2 rings (SSSR count). The molecule has 0 amide bonds. The Kier molecular flexibility index (Phi) is 4.40. The summed E-state index contributed by atoms with van der Waals surface area (Å²) in [6.07, 6.45) is 2.56. The average molecular weight is 267 g/mol. The van der Waals surface area contributed by atoms with E-state index < -0.39 is 0 Å². The summed E-state index contributed by atoms with van der Waals surface area (Å²) >= 11 is 1.74. The van der Waals surface area contributed by atoms with Crippen LogP contribution in [0.2, 0.25) is 0 Å². The highest BCUT2D eigenvalue weighted by Crippen LogP contribution is 2.31. The summed E-state index contributed by atoms with van der Waals surface area (Å²) in [4.78, 5) is 14.5. The van der Waals surface area contributed by atoms with Gasteiger partial charge >= 0.3 is 5.97 Å². The first-order valence-corrected chi connectivity index (χ1v) is 7.40. The Morgan fingerprint density at radius 3 is 2.78 bits per heavy atom. The van der Waals surface area contributed by atoms with E-state index in [0.29, 0.717) is 6.61 Å². The van der Waals surface area contributed by atoms with Gasteiger partial charge < -0.3 is 10.1 Å². The number of nitrogens with one attached hydrogen (secondary N) is 1. The van der Waals surface area contributed by atoms with Crippen molar-refractivity contribution in [3.05, 3.63) is 21.4 Å². The predicted octanol–water partition coefficient (Wildman–Crippen LogP) is 2.97. The summed E-state index contributed by atoms with van der Waals surface area (Å²) in [5.74, 6) is 0.598. The predicted molar refractivity (Wildman–Crippen MR) is 73.9 cm³/mol. The van der Waals surface area contributed by atoms with E-state index in [1.54, 1.807) is 11.3 Å². The number of rotatable bonds is 6. The summed E-state index contributed by atoms with van der Waals surface area (Å²) < 4.78 is 5.18. The van der Waals surface area contributed by atoms with Gasteiger partial charge in [0, 0.05) is 9.75 Å². The molecule has 1 N–H and O–H groups in total. The molecular weight excluding hydrogens is 246 g/mol. The summed E-state index contributed by atoms with van der Waals surface area (Å²) in [5, 5.41) is 3.37. The van der Waals surface area contributed by atoms with Crippen LogP contribution in [0.1, 0.15) is 41.1 Å². The molecule has 1 heterocycles. The van der Waals surface area contributed by atoms with E-state index in [9.17, 15) is 4.79 Å². The van der Waals surface area contributed by atoms with Crippen LogP contribution in [0.15, 0.2) is 6.07 Å². The van der Waals surface area contributed by atoms with Gasteiger partial charge in [0.05, 0.1) is 6.61 Å². The molecule has 1 atom stereocenters. The lowest BCUT2D eigenvalue weighted by molar-refractivity contribution is -0.145. The number of ether oxygens (including phenoxy) is 1. The molecule has 3 nitrogen and oxygen atoms in total. The van der Waals surface area contributed by atoms with Gasteiger partial charge in [0.25, 0.3) is 0 Å². The van der Waals surface area contributed by atoms with Crippen LogP contribution in [0.4, 0.5) is 0 Å². The molecule has 4 heteroatoms. The summed E-state index contributed by atoms with van der Waals surface area (Å²) in [7, 11) is 0. The van der Waals surface area contributed by atoms with Crippen LogP contribution in [0.25, 0.3) is 0 Å². The zero-order valence-corrected chi connectivity index (χ0v) is 12.1. The minimum atomic E-state index is -0.296. The molecule has 1 aromatic rings. The van der Waals surface area contributed by atoms with Crippen molar-refractivity contribution in [3.8, 4) is 0 Å². The van der Waals surface area contributed by atoms with Crippen LogP contribution in [0.3, 0.4) is 0 Å². The highest BCUT2D eigenvalue weighted by atomic mass is 32.1. The minimum Gasteiger partial charge on any atom is -0.465 e. The van der Waals surface area contributed by atoms with Crippen molar-refractivity contribution in [2.75, 3.05) is 13.2 Å². The van der Waals surface area contributed by atoms with Gasteiger partial charge in [-0.1, -0.05) is 0 Å². The molecule has 100 valence electrons. The van der Waals surface area contributed by atoms with Crippen molar-refractivity contribution < 1.29 is 9.53 Å². The standard InChI is InChI=1S/C14H21NO2S/c1-4-17-14(16)13(15-8-11-5-6-11)12-7-9(2)18-10(12)3/h7,11,13,15H,4-6,8H2,1-3H3. The smallest absolute Gasteiger partial charge is 0.327 e. The Hall–Kier alpha value is -0.870. The van der Waals surface area contributed by atoms with Gasteiger partial charge in [0.15, 0.2) is 0 Å². The van der Waals surface area contributed by atoms with Gasteiger partial charge in [-0.25, -0.2) is 4.79 Å². The quantitative estimate of drug-likeness (QED) is 0.805. The summed E-state index contributed by atoms with van der Waals surface area (Å²) in [5.41, 5.74) is 1.08. The molecule has 18 heavy (non-hydrogen) atoms. The number of thiophene rings is 1. The topological polar surface area (TPSA) is 38.3 Å². The highest BCUT2D eigenvalue weighted by Gasteiger charge is 2.28. The first-order chi connectivity index (χ1) is 8.61. The normalized spacial score (nSPS) is 16.6. The maximum absolute atomic E-state index is 12.1. The molecule has 0 saturated heterocycles. The van der Waals surface area contributed by atoms with Crippen LogP contribution < -0.4 is 5.32 Å². The van der Waals surface area contributed by atoms with Gasteiger partial charge in [-0.15, -0.1) is 11.3 Å². The number of aryl methyl sites for hydroxylation is 2.